The number of aryl methyl sites for hydroxylation is 2. The van der Waals surface area contributed by atoms with Crippen LogP contribution in [0.4, 0.5) is 11.5 Å². The van der Waals surface area contributed by atoms with Gasteiger partial charge >= 0.3 is 0 Å². The molecule has 1 unspecified atom stereocenters. The third-order valence-electron chi connectivity index (χ3n) is 4.92. The summed E-state index contributed by atoms with van der Waals surface area (Å²) in [5.74, 6) is 2.21. The molecule has 1 aliphatic carbocycles. The lowest BCUT2D eigenvalue weighted by molar-refractivity contribution is 0.0953. The fraction of sp³-hybridized carbons (Fsp3) is 0.364. The van der Waals surface area contributed by atoms with Crippen LogP contribution in [0.1, 0.15) is 47.7 Å². The fourth-order valence-corrected chi connectivity index (χ4v) is 3.75. The number of carbonyl (C=O) groups is 1. The highest BCUT2D eigenvalue weighted by molar-refractivity contribution is 6.03. The molecule has 0 bridgehead atoms. The molecule has 1 aromatic carbocycles. The number of nitrogens with zero attached hydrogens (tertiary/aromatic N) is 4. The third-order valence-corrected chi connectivity index (χ3v) is 4.92. The van der Waals surface area contributed by atoms with Crippen molar-refractivity contribution < 1.29 is 9.53 Å². The van der Waals surface area contributed by atoms with Crippen LogP contribution >= 0.6 is 0 Å². The van der Waals surface area contributed by atoms with Crippen LogP contribution in [0.3, 0.4) is 0 Å². The maximum atomic E-state index is 12.9. The molecule has 2 aromatic heterocycles. The minimum Gasteiger partial charge on any atom is -0.494 e. The summed E-state index contributed by atoms with van der Waals surface area (Å²) >= 11 is 0. The summed E-state index contributed by atoms with van der Waals surface area (Å²) in [4.78, 5) is 22.0. The average Bonchev–Trinajstić information content (AvgIpc) is 3.01. The zero-order chi connectivity index (χ0) is 20.5. The molecule has 3 aromatic rings. The second-order valence-corrected chi connectivity index (χ2v) is 7.55. The molecule has 7 nitrogen and oxygen atoms in total. The molecule has 0 aliphatic heterocycles. The first kappa shape index (κ1) is 19.1. The fourth-order valence-electron chi connectivity index (χ4n) is 3.75. The molecule has 150 valence electrons. The molecule has 1 atom stereocenters. The number of hydrogen-bond acceptors (Lipinski definition) is 6. The standard InChI is InChI=1S/C22H25N5O2/c1-5-29-17-8-6-16(7-9-17)25-21-20-18(10-13(2)11-19(20)28)27(26-21)22-23-14(3)12-15(4)24-22/h6-9,12-13H,5,10-11H2,1-4H3,(H,25,26). The molecule has 2 heterocycles. The normalized spacial score (nSPS) is 15.9. The van der Waals surface area contributed by atoms with Crippen LogP contribution in [0.5, 0.6) is 5.75 Å². The van der Waals surface area contributed by atoms with Crippen LogP contribution in [-0.4, -0.2) is 32.1 Å². The Hall–Kier alpha value is -3.22. The molecule has 0 amide bonds. The average molecular weight is 391 g/mol. The molecular formula is C22H25N5O2. The Morgan fingerprint density at radius 2 is 1.83 bits per heavy atom. The van der Waals surface area contributed by atoms with E-state index in [9.17, 15) is 4.79 Å². The highest BCUT2D eigenvalue weighted by Crippen LogP contribution is 2.33. The van der Waals surface area contributed by atoms with Gasteiger partial charge in [0.1, 0.15) is 5.75 Å². The van der Waals surface area contributed by atoms with Gasteiger partial charge in [-0.25, -0.2) is 14.6 Å². The molecule has 1 aliphatic rings. The zero-order valence-corrected chi connectivity index (χ0v) is 17.2. The highest BCUT2D eigenvalue weighted by Gasteiger charge is 2.31. The molecule has 0 saturated heterocycles. The lowest BCUT2D eigenvalue weighted by Gasteiger charge is -2.19. The Bertz CT molecular complexity index is 1040. The first-order valence-corrected chi connectivity index (χ1v) is 9.92. The van der Waals surface area contributed by atoms with Gasteiger partial charge in [-0.1, -0.05) is 6.92 Å². The first-order chi connectivity index (χ1) is 13.9. The molecule has 4 rings (SSSR count). The van der Waals surface area contributed by atoms with Gasteiger partial charge in [-0.05, 0) is 63.4 Å². The Kier molecular flexibility index (Phi) is 5.05. The number of aromatic nitrogens is 4. The van der Waals surface area contributed by atoms with E-state index in [-0.39, 0.29) is 11.7 Å². The molecule has 1 N–H and O–H groups in total. The second-order valence-electron chi connectivity index (χ2n) is 7.55. The maximum absolute atomic E-state index is 12.9. The van der Waals surface area contributed by atoms with Gasteiger partial charge < -0.3 is 10.1 Å². The number of anilines is 2. The molecule has 0 saturated carbocycles. The van der Waals surface area contributed by atoms with Gasteiger partial charge in [0.15, 0.2) is 11.6 Å². The summed E-state index contributed by atoms with van der Waals surface area (Å²) in [6.07, 6.45) is 1.28. The molecule has 0 radical (unpaired) electrons. The lowest BCUT2D eigenvalue weighted by atomic mass is 9.88. The van der Waals surface area contributed by atoms with Gasteiger partial charge in [0.05, 0.1) is 17.9 Å². The number of carbonyl (C=O) groups excluding carboxylic acids is 1. The minimum absolute atomic E-state index is 0.0998. The van der Waals surface area contributed by atoms with E-state index in [1.807, 2.05) is 51.1 Å². The molecule has 29 heavy (non-hydrogen) atoms. The summed E-state index contributed by atoms with van der Waals surface area (Å²) in [6, 6.07) is 9.55. The molecule has 0 spiro atoms. The van der Waals surface area contributed by atoms with Gasteiger partial charge in [0.25, 0.3) is 5.95 Å². The van der Waals surface area contributed by atoms with Crippen molar-refractivity contribution in [2.45, 2.75) is 40.5 Å². The van der Waals surface area contributed by atoms with Crippen LogP contribution in [0.25, 0.3) is 5.95 Å². The van der Waals surface area contributed by atoms with E-state index in [2.05, 4.69) is 22.2 Å². The van der Waals surface area contributed by atoms with E-state index in [1.54, 1.807) is 4.68 Å². The Morgan fingerprint density at radius 1 is 1.14 bits per heavy atom. The summed E-state index contributed by atoms with van der Waals surface area (Å²) < 4.78 is 7.22. The van der Waals surface area contributed by atoms with Crippen molar-refractivity contribution in [1.82, 2.24) is 19.7 Å². The highest BCUT2D eigenvalue weighted by atomic mass is 16.5. The molecule has 0 fully saturated rings. The van der Waals surface area contributed by atoms with Crippen molar-refractivity contribution in [3.8, 4) is 11.7 Å². The van der Waals surface area contributed by atoms with Gasteiger partial charge in [-0.15, -0.1) is 5.10 Å². The predicted octanol–water partition coefficient (Wildman–Crippen LogP) is 4.19. The van der Waals surface area contributed by atoms with Crippen LogP contribution in [-0.2, 0) is 6.42 Å². The largest absolute Gasteiger partial charge is 0.494 e. The van der Waals surface area contributed by atoms with E-state index in [0.29, 0.717) is 30.4 Å². The molecular weight excluding hydrogens is 366 g/mol. The number of nitrogens with one attached hydrogen (secondary N) is 1. The van der Waals surface area contributed by atoms with Crippen LogP contribution in [0, 0.1) is 19.8 Å². The Morgan fingerprint density at radius 3 is 2.48 bits per heavy atom. The monoisotopic (exact) mass is 391 g/mol. The van der Waals surface area contributed by atoms with E-state index in [4.69, 9.17) is 9.84 Å². The number of rotatable bonds is 5. The maximum Gasteiger partial charge on any atom is 0.251 e. The van der Waals surface area contributed by atoms with Gasteiger partial charge in [-0.3, -0.25) is 4.79 Å². The summed E-state index contributed by atoms with van der Waals surface area (Å²) in [5, 5.41) is 8.01. The van der Waals surface area contributed by atoms with Crippen molar-refractivity contribution in [2.75, 3.05) is 11.9 Å². The quantitative estimate of drug-likeness (QED) is 0.702. The lowest BCUT2D eigenvalue weighted by Crippen LogP contribution is -2.20. The SMILES string of the molecule is CCOc1ccc(Nc2nn(-c3nc(C)cc(C)n3)c3c2C(=O)CC(C)C3)cc1. The second kappa shape index (κ2) is 7.66. The van der Waals surface area contributed by atoms with Crippen molar-refractivity contribution in [3.63, 3.8) is 0 Å². The predicted molar refractivity (Wildman–Crippen MR) is 111 cm³/mol. The van der Waals surface area contributed by atoms with Crippen LogP contribution < -0.4 is 10.1 Å². The molecule has 7 heteroatoms. The third kappa shape index (κ3) is 3.85. The minimum atomic E-state index is 0.0998. The summed E-state index contributed by atoms with van der Waals surface area (Å²) in [7, 11) is 0. The van der Waals surface area contributed by atoms with E-state index in [1.165, 1.54) is 0 Å². The van der Waals surface area contributed by atoms with Crippen molar-refractivity contribution in [1.29, 1.82) is 0 Å². The van der Waals surface area contributed by atoms with Crippen molar-refractivity contribution in [3.05, 3.63) is 53.0 Å². The van der Waals surface area contributed by atoms with Crippen LogP contribution in [0.2, 0.25) is 0 Å². The van der Waals surface area contributed by atoms with Gasteiger partial charge in [0, 0.05) is 23.5 Å². The number of hydrogen-bond donors (Lipinski definition) is 1. The van der Waals surface area contributed by atoms with E-state index >= 15 is 0 Å². The van der Waals surface area contributed by atoms with E-state index < -0.39 is 0 Å². The van der Waals surface area contributed by atoms with Crippen molar-refractivity contribution >= 4 is 17.3 Å². The van der Waals surface area contributed by atoms with Gasteiger partial charge in [-0.2, -0.15) is 0 Å². The number of ether oxygens (including phenoxy) is 1. The van der Waals surface area contributed by atoms with Crippen LogP contribution in [0.15, 0.2) is 30.3 Å². The number of Topliss-reactive ketones (excluding diaryl/α,β-unsaturated/α-hetero) is 1. The topological polar surface area (TPSA) is 81.9 Å². The van der Waals surface area contributed by atoms with Crippen molar-refractivity contribution in [2.24, 2.45) is 5.92 Å². The van der Waals surface area contributed by atoms with Gasteiger partial charge in [0.2, 0.25) is 0 Å². The zero-order valence-electron chi connectivity index (χ0n) is 17.2. The summed E-state index contributed by atoms with van der Waals surface area (Å²) in [6.45, 7) is 8.52. The Labute approximate surface area is 170 Å². The number of ketones is 1. The number of fused-ring (bicyclic) bond motifs is 1. The number of benzene rings is 1. The first-order valence-electron chi connectivity index (χ1n) is 9.92. The smallest absolute Gasteiger partial charge is 0.251 e. The Balaban J connectivity index is 1.77. The summed E-state index contributed by atoms with van der Waals surface area (Å²) in [5.41, 5.74) is 4.08. The van der Waals surface area contributed by atoms with E-state index in [0.717, 1.165) is 34.9 Å².